The Morgan fingerprint density at radius 2 is 0.871 bits per heavy atom. The van der Waals surface area contributed by atoms with Crippen LogP contribution in [0.25, 0.3) is 116 Å². The number of pyridine rings is 2. The molecule has 0 aliphatic carbocycles. The number of fused-ring (bicyclic) bond motifs is 6. The number of hydrogen-bond acceptors (Lipinski definition) is 3. The van der Waals surface area contributed by atoms with Gasteiger partial charge in [0, 0.05) is 61.8 Å². The molecule has 0 amide bonds. The van der Waals surface area contributed by atoms with Crippen LogP contribution in [0.5, 0.6) is 0 Å². The number of para-hydroxylation sites is 2. The molecule has 0 atom stereocenters. The Morgan fingerprint density at radius 1 is 0.429 bits per heavy atom. The van der Waals surface area contributed by atoms with Gasteiger partial charge in [0.05, 0.1) is 51.4 Å². The minimum atomic E-state index is -4.71. The summed E-state index contributed by atoms with van der Waals surface area (Å²) in [6.45, 7) is 7.80. The van der Waals surface area contributed by atoms with Crippen molar-refractivity contribution in [1.82, 2.24) is 19.1 Å². The zero-order valence-corrected chi connectivity index (χ0v) is 37.0. The fourth-order valence-corrected chi connectivity index (χ4v) is 9.76. The molecule has 0 aliphatic rings. The first-order valence-electron chi connectivity index (χ1n) is 22.5. The van der Waals surface area contributed by atoms with E-state index >= 15 is 0 Å². The number of benzene rings is 8. The van der Waals surface area contributed by atoms with Crippen LogP contribution in [0.15, 0.2) is 213 Å². The van der Waals surface area contributed by atoms with Crippen molar-refractivity contribution in [3.05, 3.63) is 235 Å². The molecule has 0 bridgehead atoms. The van der Waals surface area contributed by atoms with E-state index in [1.165, 1.54) is 6.07 Å². The van der Waals surface area contributed by atoms with Gasteiger partial charge < -0.3 is 9.13 Å². The van der Waals surface area contributed by atoms with Crippen molar-refractivity contribution in [2.75, 3.05) is 0 Å². The molecule has 0 saturated heterocycles. The molecular weight excluding hydrogens is 874 g/mol. The first-order chi connectivity index (χ1) is 34.2. The Labute approximate surface area is 399 Å². The maximum Gasteiger partial charge on any atom is 0.415 e. The maximum absolute atomic E-state index is 14.6. The fourth-order valence-electron chi connectivity index (χ4n) is 9.76. The summed E-state index contributed by atoms with van der Waals surface area (Å²) in [6.07, 6.45) is -0.977. The second-order valence-electron chi connectivity index (χ2n) is 17.1. The van der Waals surface area contributed by atoms with Gasteiger partial charge >= 0.3 is 6.18 Å². The summed E-state index contributed by atoms with van der Waals surface area (Å²) in [5.74, 6) is 0. The average Bonchev–Trinajstić information content (AvgIpc) is 3.92. The molecule has 4 heterocycles. The maximum atomic E-state index is 14.6. The monoisotopic (exact) mass is 908 g/mol. The molecule has 6 nitrogen and oxygen atoms in total. The van der Waals surface area contributed by atoms with Crippen molar-refractivity contribution in [3.8, 4) is 73.3 Å². The van der Waals surface area contributed by atoms with E-state index in [1.54, 1.807) is 12.1 Å². The Morgan fingerprint density at radius 3 is 1.31 bits per heavy atom. The predicted octanol–water partition coefficient (Wildman–Crippen LogP) is 16.4. The Bertz CT molecular complexity index is 3880. The lowest BCUT2D eigenvalue weighted by atomic mass is 9.97. The van der Waals surface area contributed by atoms with Gasteiger partial charge in [-0.05, 0) is 101 Å². The van der Waals surface area contributed by atoms with Gasteiger partial charge in [-0.1, -0.05) is 121 Å². The van der Waals surface area contributed by atoms with Crippen LogP contribution in [0, 0.1) is 17.9 Å². The van der Waals surface area contributed by atoms with E-state index in [2.05, 4.69) is 35.2 Å². The van der Waals surface area contributed by atoms with E-state index in [0.717, 1.165) is 101 Å². The second-order valence-corrected chi connectivity index (χ2v) is 17.1. The third kappa shape index (κ3) is 7.13. The van der Waals surface area contributed by atoms with E-state index < -0.39 is 11.7 Å². The van der Waals surface area contributed by atoms with Crippen molar-refractivity contribution in [1.29, 1.82) is 5.26 Å². The topological polar surface area (TPSA) is 63.8 Å². The quantitative estimate of drug-likeness (QED) is 0.150. The molecule has 70 heavy (non-hydrogen) atoms. The van der Waals surface area contributed by atoms with Crippen LogP contribution in [-0.4, -0.2) is 19.1 Å². The van der Waals surface area contributed by atoms with Crippen LogP contribution in [0.2, 0.25) is 0 Å². The van der Waals surface area contributed by atoms with Crippen LogP contribution in [0.1, 0.15) is 11.1 Å². The van der Waals surface area contributed by atoms with Crippen molar-refractivity contribution in [3.63, 3.8) is 0 Å². The van der Waals surface area contributed by atoms with Crippen molar-refractivity contribution >= 4 is 49.3 Å². The Kier molecular flexibility index (Phi) is 9.94. The van der Waals surface area contributed by atoms with Crippen molar-refractivity contribution in [2.24, 2.45) is 0 Å². The van der Waals surface area contributed by atoms with E-state index in [0.29, 0.717) is 22.5 Å². The van der Waals surface area contributed by atoms with Crippen LogP contribution >= 0.6 is 0 Å². The molecule has 8 aromatic carbocycles. The lowest BCUT2D eigenvalue weighted by Gasteiger charge is -2.19. The third-order valence-corrected chi connectivity index (χ3v) is 13.1. The predicted molar refractivity (Wildman–Crippen MR) is 274 cm³/mol. The number of halogens is 3. The molecule has 4 aromatic heterocycles. The summed E-state index contributed by atoms with van der Waals surface area (Å²) < 4.78 is 47.7. The third-order valence-electron chi connectivity index (χ3n) is 13.1. The summed E-state index contributed by atoms with van der Waals surface area (Å²) in [4.78, 5) is 13.0. The lowest BCUT2D eigenvalue weighted by molar-refractivity contribution is -0.137. The normalized spacial score (nSPS) is 11.6. The molecule has 0 saturated carbocycles. The number of rotatable bonds is 7. The average molecular weight is 909 g/mol. The fraction of sp³-hybridized carbons (Fsp3) is 0.0164. The smallest absolute Gasteiger partial charge is 0.308 e. The molecule has 0 aliphatic heterocycles. The summed E-state index contributed by atoms with van der Waals surface area (Å²) in [7, 11) is 0. The number of hydrogen-bond donors (Lipinski definition) is 0. The molecule has 0 fully saturated rings. The Balaban J connectivity index is 1.09. The molecule has 0 spiro atoms. The first kappa shape index (κ1) is 41.8. The van der Waals surface area contributed by atoms with Crippen LogP contribution in [0.3, 0.4) is 0 Å². The highest BCUT2D eigenvalue weighted by molar-refractivity contribution is 6.12. The zero-order valence-electron chi connectivity index (χ0n) is 37.0. The summed E-state index contributed by atoms with van der Waals surface area (Å²) >= 11 is 0. The number of alkyl halides is 3. The van der Waals surface area contributed by atoms with E-state index in [1.807, 2.05) is 167 Å². The van der Waals surface area contributed by atoms with E-state index in [-0.39, 0.29) is 11.3 Å². The minimum absolute atomic E-state index is 0.149. The van der Waals surface area contributed by atoms with Crippen molar-refractivity contribution < 1.29 is 13.2 Å². The van der Waals surface area contributed by atoms with Gasteiger partial charge in [0.2, 0.25) is 0 Å². The highest BCUT2D eigenvalue weighted by atomic mass is 19.4. The molecule has 330 valence electrons. The zero-order chi connectivity index (χ0) is 47.5. The van der Waals surface area contributed by atoms with Gasteiger partial charge in [-0.2, -0.15) is 18.4 Å². The van der Waals surface area contributed by atoms with E-state index in [4.69, 9.17) is 16.5 Å². The van der Waals surface area contributed by atoms with Gasteiger partial charge in [0.15, 0.2) is 5.69 Å². The number of aromatic nitrogens is 4. The molecular formula is C61H35F3N6. The lowest BCUT2D eigenvalue weighted by Crippen LogP contribution is -2.06. The van der Waals surface area contributed by atoms with Crippen LogP contribution in [0.4, 0.5) is 18.9 Å². The molecule has 9 heteroatoms. The minimum Gasteiger partial charge on any atom is -0.308 e. The summed E-state index contributed by atoms with van der Waals surface area (Å²) in [6, 6.07) is 65.8. The highest BCUT2D eigenvalue weighted by Crippen LogP contribution is 2.43. The molecule has 0 radical (unpaired) electrons. The van der Waals surface area contributed by atoms with Gasteiger partial charge in [0.25, 0.3) is 0 Å². The van der Waals surface area contributed by atoms with Gasteiger partial charge in [0.1, 0.15) is 11.6 Å². The van der Waals surface area contributed by atoms with E-state index in [9.17, 15) is 18.4 Å². The molecule has 0 unspecified atom stereocenters. The number of nitriles is 1. The van der Waals surface area contributed by atoms with Crippen LogP contribution < -0.4 is 0 Å². The highest BCUT2D eigenvalue weighted by Gasteiger charge is 2.32. The molecule has 0 N–H and O–H groups in total. The SMILES string of the molecule is [C-]#[N+]c1cc(-c2cc(-n3c4ccccc4c4cc(-c5ccc(-c6ccccc6)nc5)ccc43)c(C#N)c(-n3c4ccccc4c4cc(-c5ccc(-c6ccccc6)nc5)ccc43)c2)cc(C(F)(F)F)c1. The molecule has 12 aromatic rings. The van der Waals surface area contributed by atoms with Crippen molar-refractivity contribution in [2.45, 2.75) is 6.18 Å². The van der Waals surface area contributed by atoms with Crippen LogP contribution in [-0.2, 0) is 6.18 Å². The number of nitrogens with zero attached hydrogens (tertiary/aromatic N) is 6. The second kappa shape index (κ2) is 16.6. The largest absolute Gasteiger partial charge is 0.415 e. The standard InChI is InChI=1S/C61H35F3N6/c1-66-47-29-44(28-46(34-47)61(62,63)64)45-32-59(69-55-18-10-8-16-48(55)50-30-40(22-26-57(50)69)42-20-24-53(67-36-42)38-12-4-2-5-13-38)52(35-65)60(33-45)70-56-19-11-9-17-49(56)51-31-41(23-27-58(51)70)43-21-25-54(68-37-43)39-14-6-3-7-15-39/h2-34,36-37H. The molecule has 12 rings (SSSR count). The summed E-state index contributed by atoms with van der Waals surface area (Å²) in [5, 5.41) is 15.2. The Hall–Kier alpha value is -9.57. The first-order valence-corrected chi connectivity index (χ1v) is 22.5. The van der Waals surface area contributed by atoms with Gasteiger partial charge in [-0.15, -0.1) is 0 Å². The van der Waals surface area contributed by atoms with Gasteiger partial charge in [-0.25, -0.2) is 4.85 Å². The van der Waals surface area contributed by atoms with Gasteiger partial charge in [-0.3, -0.25) is 9.97 Å². The summed E-state index contributed by atoms with van der Waals surface area (Å²) in [5.41, 5.74) is 11.5.